The van der Waals surface area contributed by atoms with Crippen LogP contribution >= 0.6 is 23.2 Å². The Hall–Kier alpha value is -2.32. The SMILES string of the molecule is CCC(=O)N1CC(F)(c2ccc(C3=NOC(C)(c4cc(Cl)c(Cl)c(C(F)(F)F)c4)C3)cc2)C1. The second kappa shape index (κ2) is 8.17. The van der Waals surface area contributed by atoms with E-state index in [-0.39, 0.29) is 36.0 Å². The Labute approximate surface area is 198 Å². The van der Waals surface area contributed by atoms with Gasteiger partial charge in [0.05, 0.1) is 34.4 Å². The highest BCUT2D eigenvalue weighted by Gasteiger charge is 2.47. The van der Waals surface area contributed by atoms with Crippen molar-refractivity contribution in [2.75, 3.05) is 13.1 Å². The number of alkyl halides is 4. The van der Waals surface area contributed by atoms with Crippen LogP contribution in [0.1, 0.15) is 48.9 Å². The molecule has 176 valence electrons. The molecule has 1 fully saturated rings. The second-order valence-electron chi connectivity index (χ2n) is 8.50. The van der Waals surface area contributed by atoms with E-state index in [1.807, 2.05) is 0 Å². The number of carbonyl (C=O) groups excluding carboxylic acids is 1. The summed E-state index contributed by atoms with van der Waals surface area (Å²) in [7, 11) is 0. The minimum absolute atomic E-state index is 0.0139. The van der Waals surface area contributed by atoms with Crippen molar-refractivity contribution in [1.29, 1.82) is 0 Å². The summed E-state index contributed by atoms with van der Waals surface area (Å²) in [6.45, 7) is 3.37. The van der Waals surface area contributed by atoms with E-state index in [4.69, 9.17) is 28.0 Å². The smallest absolute Gasteiger partial charge is 0.384 e. The molecule has 0 spiro atoms. The van der Waals surface area contributed by atoms with Gasteiger partial charge in [-0.25, -0.2) is 4.39 Å². The van der Waals surface area contributed by atoms with Crippen LogP contribution in [0.25, 0.3) is 0 Å². The molecule has 4 rings (SSSR count). The van der Waals surface area contributed by atoms with Crippen molar-refractivity contribution in [3.63, 3.8) is 0 Å². The zero-order valence-corrected chi connectivity index (χ0v) is 19.3. The average molecular weight is 503 g/mol. The Kier molecular flexibility index (Phi) is 5.90. The van der Waals surface area contributed by atoms with Crippen molar-refractivity contribution in [3.8, 4) is 0 Å². The van der Waals surface area contributed by atoms with E-state index in [0.29, 0.717) is 23.3 Å². The van der Waals surface area contributed by atoms with Crippen LogP contribution in [-0.2, 0) is 27.1 Å². The lowest BCUT2D eigenvalue weighted by molar-refractivity contribution is -0.145. The first-order valence-electron chi connectivity index (χ1n) is 10.3. The molecule has 1 saturated heterocycles. The number of hydrogen-bond donors (Lipinski definition) is 0. The van der Waals surface area contributed by atoms with Gasteiger partial charge in [0.1, 0.15) is 0 Å². The number of oxime groups is 1. The fraction of sp³-hybridized carbons (Fsp3) is 0.391. The molecule has 2 aliphatic rings. The lowest BCUT2D eigenvalue weighted by Crippen LogP contribution is -2.58. The minimum Gasteiger partial charge on any atom is -0.384 e. The first-order chi connectivity index (χ1) is 15.4. The summed E-state index contributed by atoms with van der Waals surface area (Å²) in [6, 6.07) is 8.89. The molecule has 4 nitrogen and oxygen atoms in total. The van der Waals surface area contributed by atoms with Gasteiger partial charge >= 0.3 is 6.18 Å². The summed E-state index contributed by atoms with van der Waals surface area (Å²) < 4.78 is 55.1. The molecule has 2 heterocycles. The van der Waals surface area contributed by atoms with Gasteiger partial charge in [0.2, 0.25) is 5.91 Å². The normalized spacial score (nSPS) is 21.9. The van der Waals surface area contributed by atoms with Crippen LogP contribution in [0.4, 0.5) is 17.6 Å². The number of carbonyl (C=O) groups is 1. The topological polar surface area (TPSA) is 41.9 Å². The van der Waals surface area contributed by atoms with Crippen molar-refractivity contribution in [2.45, 2.75) is 44.1 Å². The molecule has 0 radical (unpaired) electrons. The predicted octanol–water partition coefficient (Wildman–Crippen LogP) is 6.47. The molecule has 0 saturated carbocycles. The molecule has 0 bridgehead atoms. The maximum Gasteiger partial charge on any atom is 0.417 e. The quantitative estimate of drug-likeness (QED) is 0.449. The van der Waals surface area contributed by atoms with Gasteiger partial charge in [0.15, 0.2) is 11.3 Å². The Morgan fingerprint density at radius 1 is 1.15 bits per heavy atom. The van der Waals surface area contributed by atoms with Crippen LogP contribution in [0.5, 0.6) is 0 Å². The third-order valence-electron chi connectivity index (χ3n) is 6.08. The van der Waals surface area contributed by atoms with E-state index in [1.54, 1.807) is 38.1 Å². The zero-order chi connectivity index (χ0) is 24.2. The van der Waals surface area contributed by atoms with E-state index in [2.05, 4.69) is 5.16 Å². The molecule has 0 N–H and O–H groups in total. The van der Waals surface area contributed by atoms with Crippen molar-refractivity contribution < 1.29 is 27.2 Å². The van der Waals surface area contributed by atoms with Gasteiger partial charge in [-0.1, -0.05) is 59.5 Å². The van der Waals surface area contributed by atoms with Gasteiger partial charge in [-0.05, 0) is 30.2 Å². The van der Waals surface area contributed by atoms with Gasteiger partial charge in [-0.3, -0.25) is 4.79 Å². The number of nitrogens with zero attached hydrogens (tertiary/aromatic N) is 2. The first kappa shape index (κ1) is 23.8. The monoisotopic (exact) mass is 502 g/mol. The van der Waals surface area contributed by atoms with E-state index in [1.165, 1.54) is 11.0 Å². The van der Waals surface area contributed by atoms with E-state index in [9.17, 15) is 18.0 Å². The second-order valence-corrected chi connectivity index (χ2v) is 9.29. The third kappa shape index (κ3) is 4.30. The molecule has 0 aromatic heterocycles. The summed E-state index contributed by atoms with van der Waals surface area (Å²) in [5.41, 5.74) is -2.02. The Bertz CT molecular complexity index is 1130. The molecule has 0 aliphatic carbocycles. The van der Waals surface area contributed by atoms with Crippen molar-refractivity contribution in [3.05, 3.63) is 68.7 Å². The standard InChI is InChI=1S/C23H20Cl2F4N2O2/c1-3-19(32)31-11-22(26,12-31)14-6-4-13(5-7-14)18-10-21(2,33-30-18)15-8-16(23(27,28)29)20(25)17(24)9-15/h4-9H,3,10-12H2,1-2H3. The Balaban J connectivity index is 1.51. The van der Waals surface area contributed by atoms with E-state index >= 15 is 4.39 Å². The van der Waals surface area contributed by atoms with Crippen LogP contribution in [0.15, 0.2) is 41.6 Å². The van der Waals surface area contributed by atoms with Gasteiger partial charge in [-0.15, -0.1) is 0 Å². The molecule has 2 aromatic rings. The number of amides is 1. The van der Waals surface area contributed by atoms with Crippen LogP contribution in [0.3, 0.4) is 0 Å². The van der Waals surface area contributed by atoms with Gasteiger partial charge in [0.25, 0.3) is 0 Å². The van der Waals surface area contributed by atoms with Gasteiger partial charge in [0, 0.05) is 18.4 Å². The van der Waals surface area contributed by atoms with Crippen LogP contribution in [0.2, 0.25) is 10.0 Å². The first-order valence-corrected chi connectivity index (χ1v) is 11.0. The summed E-state index contributed by atoms with van der Waals surface area (Å²) in [6.07, 6.45) is -4.16. The molecule has 10 heteroatoms. The summed E-state index contributed by atoms with van der Waals surface area (Å²) in [4.78, 5) is 18.7. The molecule has 2 aromatic carbocycles. The lowest BCUT2D eigenvalue weighted by atomic mass is 9.85. The molecule has 1 amide bonds. The Morgan fingerprint density at radius 2 is 1.79 bits per heavy atom. The molecule has 33 heavy (non-hydrogen) atoms. The molecular formula is C23H20Cl2F4N2O2. The van der Waals surface area contributed by atoms with Gasteiger partial charge < -0.3 is 9.74 Å². The third-order valence-corrected chi connectivity index (χ3v) is 6.88. The lowest BCUT2D eigenvalue weighted by Gasteiger charge is -2.44. The number of halogens is 6. The maximum atomic E-state index is 15.1. The minimum atomic E-state index is -4.67. The predicted molar refractivity (Wildman–Crippen MR) is 117 cm³/mol. The van der Waals surface area contributed by atoms with Crippen LogP contribution in [-0.4, -0.2) is 29.6 Å². The number of hydrogen-bond acceptors (Lipinski definition) is 3. The van der Waals surface area contributed by atoms with E-state index in [0.717, 1.165) is 6.07 Å². The average Bonchev–Trinajstić information content (AvgIpc) is 3.15. The zero-order valence-electron chi connectivity index (χ0n) is 17.8. The summed E-state index contributed by atoms with van der Waals surface area (Å²) in [5, 5.41) is 3.27. The highest BCUT2D eigenvalue weighted by molar-refractivity contribution is 6.42. The number of likely N-dealkylation sites (tertiary alicyclic amines) is 1. The van der Waals surface area contributed by atoms with Crippen molar-refractivity contribution in [2.24, 2.45) is 5.16 Å². The van der Waals surface area contributed by atoms with E-state index < -0.39 is 28.0 Å². The van der Waals surface area contributed by atoms with Crippen LogP contribution < -0.4 is 0 Å². The number of benzene rings is 2. The fourth-order valence-electron chi connectivity index (χ4n) is 4.05. The molecule has 1 unspecified atom stereocenters. The summed E-state index contributed by atoms with van der Waals surface area (Å²) in [5.74, 6) is -0.0902. The molecule has 2 aliphatic heterocycles. The highest BCUT2D eigenvalue weighted by atomic mass is 35.5. The van der Waals surface area contributed by atoms with Gasteiger partial charge in [-0.2, -0.15) is 13.2 Å². The van der Waals surface area contributed by atoms with Crippen molar-refractivity contribution in [1.82, 2.24) is 4.90 Å². The van der Waals surface area contributed by atoms with Crippen LogP contribution in [0, 0.1) is 0 Å². The highest BCUT2D eigenvalue weighted by Crippen LogP contribution is 2.44. The van der Waals surface area contributed by atoms with Crippen molar-refractivity contribution >= 4 is 34.8 Å². The number of rotatable bonds is 4. The molecule has 1 atom stereocenters. The fourth-order valence-corrected chi connectivity index (χ4v) is 4.49. The summed E-state index contributed by atoms with van der Waals surface area (Å²) >= 11 is 11.7. The maximum absolute atomic E-state index is 15.1. The molecular weight excluding hydrogens is 483 g/mol. The Morgan fingerprint density at radius 3 is 2.36 bits per heavy atom. The largest absolute Gasteiger partial charge is 0.417 e.